The van der Waals surface area contributed by atoms with Crippen molar-refractivity contribution in [2.24, 2.45) is 0 Å². The van der Waals surface area contributed by atoms with Crippen molar-refractivity contribution in [3.63, 3.8) is 0 Å². The summed E-state index contributed by atoms with van der Waals surface area (Å²) in [7, 11) is 2.01. The fourth-order valence-corrected chi connectivity index (χ4v) is 2.47. The van der Waals surface area contributed by atoms with E-state index in [4.69, 9.17) is 0 Å². The van der Waals surface area contributed by atoms with Crippen LogP contribution in [0.3, 0.4) is 0 Å². The van der Waals surface area contributed by atoms with Gasteiger partial charge >= 0.3 is 0 Å². The van der Waals surface area contributed by atoms with E-state index in [1.807, 2.05) is 7.05 Å². The molecule has 0 atom stereocenters. The molecular weight excluding hydrogens is 196 g/mol. The first-order valence-corrected chi connectivity index (χ1v) is 6.36. The second-order valence-electron chi connectivity index (χ2n) is 4.61. The highest BCUT2D eigenvalue weighted by molar-refractivity contribution is 5.55. The minimum atomic E-state index is 1.12. The van der Waals surface area contributed by atoms with Gasteiger partial charge in [-0.1, -0.05) is 31.9 Å². The Balaban J connectivity index is 1.98. The highest BCUT2D eigenvalue weighted by atomic mass is 15.1. The predicted molar refractivity (Wildman–Crippen MR) is 69.6 cm³/mol. The third-order valence-corrected chi connectivity index (χ3v) is 3.40. The summed E-state index contributed by atoms with van der Waals surface area (Å²) in [4.78, 5) is 2.56. The molecule has 0 fully saturated rings. The molecule has 0 aromatic heterocycles. The van der Waals surface area contributed by atoms with Crippen molar-refractivity contribution in [1.82, 2.24) is 4.90 Å². The van der Waals surface area contributed by atoms with Gasteiger partial charge in [-0.3, -0.25) is 4.90 Å². The van der Waals surface area contributed by atoms with E-state index in [1.165, 1.54) is 42.6 Å². The lowest BCUT2D eigenvalue weighted by atomic mass is 10.1. The number of benzene rings is 1. The monoisotopic (exact) mass is 218 g/mol. The Morgan fingerprint density at radius 1 is 1.25 bits per heavy atom. The van der Waals surface area contributed by atoms with E-state index in [0.717, 1.165) is 13.1 Å². The second kappa shape index (κ2) is 5.35. The maximum absolute atomic E-state index is 3.29. The molecular formula is C14H22N2. The number of nitrogens with zero attached hydrogens (tertiary/aromatic N) is 1. The molecule has 0 bridgehead atoms. The first kappa shape index (κ1) is 11.5. The van der Waals surface area contributed by atoms with Crippen LogP contribution < -0.4 is 5.32 Å². The van der Waals surface area contributed by atoms with Crippen LogP contribution in [0.4, 0.5) is 5.69 Å². The van der Waals surface area contributed by atoms with Crippen LogP contribution in [0.15, 0.2) is 18.2 Å². The molecule has 2 rings (SSSR count). The summed E-state index contributed by atoms with van der Waals surface area (Å²) < 4.78 is 0. The number of nitrogens with one attached hydrogen (secondary N) is 1. The molecule has 16 heavy (non-hydrogen) atoms. The smallest absolute Gasteiger partial charge is 0.0386 e. The molecule has 0 unspecified atom stereocenters. The van der Waals surface area contributed by atoms with Gasteiger partial charge in [-0.15, -0.1) is 0 Å². The summed E-state index contributed by atoms with van der Waals surface area (Å²) in [6.45, 7) is 5.76. The number of fused-ring (bicyclic) bond motifs is 1. The van der Waals surface area contributed by atoms with Gasteiger partial charge in [0.05, 0.1) is 0 Å². The quantitative estimate of drug-likeness (QED) is 0.763. The summed E-state index contributed by atoms with van der Waals surface area (Å²) in [5.74, 6) is 0. The molecule has 2 nitrogen and oxygen atoms in total. The van der Waals surface area contributed by atoms with Crippen LogP contribution >= 0.6 is 0 Å². The average molecular weight is 218 g/mol. The van der Waals surface area contributed by atoms with E-state index in [-0.39, 0.29) is 0 Å². The highest BCUT2D eigenvalue weighted by Gasteiger charge is 2.20. The standard InChI is InChI=1S/C14H22N2/c1-3-4-5-9-16-10-12-7-6-8-14(15-2)13(12)11-16/h6-8,15H,3-5,9-11H2,1-2H3. The third kappa shape index (κ3) is 2.38. The fraction of sp³-hybridized carbons (Fsp3) is 0.571. The molecule has 0 aliphatic carbocycles. The van der Waals surface area contributed by atoms with Crippen LogP contribution in [-0.4, -0.2) is 18.5 Å². The Kier molecular flexibility index (Phi) is 3.83. The maximum Gasteiger partial charge on any atom is 0.0386 e. The summed E-state index contributed by atoms with van der Waals surface area (Å²) in [5.41, 5.74) is 4.31. The Morgan fingerprint density at radius 3 is 2.88 bits per heavy atom. The molecule has 1 aliphatic rings. The van der Waals surface area contributed by atoms with Crippen molar-refractivity contribution in [1.29, 1.82) is 0 Å². The largest absolute Gasteiger partial charge is 0.388 e. The van der Waals surface area contributed by atoms with Crippen molar-refractivity contribution >= 4 is 5.69 Å². The molecule has 1 aromatic rings. The van der Waals surface area contributed by atoms with Crippen molar-refractivity contribution in [2.45, 2.75) is 39.3 Å². The van der Waals surface area contributed by atoms with Crippen molar-refractivity contribution in [3.05, 3.63) is 29.3 Å². The number of hydrogen-bond acceptors (Lipinski definition) is 2. The Hall–Kier alpha value is -1.02. The summed E-state index contributed by atoms with van der Waals surface area (Å²) >= 11 is 0. The molecule has 0 spiro atoms. The average Bonchev–Trinajstić information content (AvgIpc) is 2.71. The second-order valence-corrected chi connectivity index (χ2v) is 4.61. The predicted octanol–water partition coefficient (Wildman–Crippen LogP) is 3.23. The van der Waals surface area contributed by atoms with Gasteiger partial charge in [0.2, 0.25) is 0 Å². The van der Waals surface area contributed by atoms with Gasteiger partial charge in [-0.2, -0.15) is 0 Å². The van der Waals surface area contributed by atoms with E-state index < -0.39 is 0 Å². The molecule has 88 valence electrons. The minimum absolute atomic E-state index is 1.12. The summed E-state index contributed by atoms with van der Waals surface area (Å²) in [5, 5.41) is 3.29. The fourth-order valence-electron chi connectivity index (χ4n) is 2.47. The SMILES string of the molecule is CCCCCN1Cc2cccc(NC)c2C1. The minimum Gasteiger partial charge on any atom is -0.388 e. The maximum atomic E-state index is 3.29. The van der Waals surface area contributed by atoms with E-state index in [0.29, 0.717) is 0 Å². The van der Waals surface area contributed by atoms with E-state index in [9.17, 15) is 0 Å². The van der Waals surface area contributed by atoms with Crippen LogP contribution in [-0.2, 0) is 13.1 Å². The number of rotatable bonds is 5. The number of unbranched alkanes of at least 4 members (excludes halogenated alkanes) is 2. The van der Waals surface area contributed by atoms with Gasteiger partial charge < -0.3 is 5.32 Å². The molecule has 0 amide bonds. The summed E-state index contributed by atoms with van der Waals surface area (Å²) in [6.07, 6.45) is 3.99. The van der Waals surface area contributed by atoms with Crippen molar-refractivity contribution < 1.29 is 0 Å². The molecule has 1 aromatic carbocycles. The van der Waals surface area contributed by atoms with Crippen molar-refractivity contribution in [3.8, 4) is 0 Å². The Morgan fingerprint density at radius 2 is 2.12 bits per heavy atom. The number of anilines is 1. The van der Waals surface area contributed by atoms with Crippen molar-refractivity contribution in [2.75, 3.05) is 18.9 Å². The van der Waals surface area contributed by atoms with Gasteiger partial charge in [0, 0.05) is 25.8 Å². The van der Waals surface area contributed by atoms with Gasteiger partial charge in [0.15, 0.2) is 0 Å². The topological polar surface area (TPSA) is 15.3 Å². The van der Waals surface area contributed by atoms with Crippen LogP contribution in [0.1, 0.15) is 37.3 Å². The molecule has 0 saturated heterocycles. The Bertz CT molecular complexity index is 347. The van der Waals surface area contributed by atoms with Gasteiger partial charge in [-0.25, -0.2) is 0 Å². The van der Waals surface area contributed by atoms with Gasteiger partial charge in [-0.05, 0) is 30.2 Å². The van der Waals surface area contributed by atoms with Crippen LogP contribution in [0.25, 0.3) is 0 Å². The zero-order chi connectivity index (χ0) is 11.4. The molecule has 1 aliphatic heterocycles. The van der Waals surface area contributed by atoms with E-state index in [2.05, 4.69) is 35.3 Å². The van der Waals surface area contributed by atoms with Crippen LogP contribution in [0.2, 0.25) is 0 Å². The molecule has 1 N–H and O–H groups in total. The third-order valence-electron chi connectivity index (χ3n) is 3.40. The normalized spacial score (nSPS) is 15.1. The van der Waals surface area contributed by atoms with Crippen LogP contribution in [0.5, 0.6) is 0 Å². The zero-order valence-corrected chi connectivity index (χ0v) is 10.4. The lowest BCUT2D eigenvalue weighted by Gasteiger charge is -2.14. The summed E-state index contributed by atoms with van der Waals surface area (Å²) in [6, 6.07) is 6.59. The molecule has 2 heteroatoms. The number of hydrogen-bond donors (Lipinski definition) is 1. The lowest BCUT2D eigenvalue weighted by Crippen LogP contribution is -2.17. The first-order chi connectivity index (χ1) is 7.85. The van der Waals surface area contributed by atoms with Gasteiger partial charge in [0.1, 0.15) is 0 Å². The lowest BCUT2D eigenvalue weighted by molar-refractivity contribution is 0.277. The van der Waals surface area contributed by atoms with E-state index >= 15 is 0 Å². The van der Waals surface area contributed by atoms with Crippen LogP contribution in [0, 0.1) is 0 Å². The molecule has 0 saturated carbocycles. The highest BCUT2D eigenvalue weighted by Crippen LogP contribution is 2.29. The molecule has 1 heterocycles. The molecule has 0 radical (unpaired) electrons. The van der Waals surface area contributed by atoms with E-state index in [1.54, 1.807) is 0 Å². The van der Waals surface area contributed by atoms with Gasteiger partial charge in [0.25, 0.3) is 0 Å². The zero-order valence-electron chi connectivity index (χ0n) is 10.4. The Labute approximate surface area is 98.7 Å². The first-order valence-electron chi connectivity index (χ1n) is 6.36.